The number of benzene rings is 3. The van der Waals surface area contributed by atoms with E-state index in [2.05, 4.69) is 0 Å². The van der Waals surface area contributed by atoms with Crippen LogP contribution in [0.4, 0.5) is 4.39 Å². The van der Waals surface area contributed by atoms with Crippen LogP contribution in [0.2, 0.25) is 0 Å². The maximum Gasteiger partial charge on any atom is 0.310 e. The van der Waals surface area contributed by atoms with Gasteiger partial charge in [-0.3, -0.25) is 4.79 Å². The van der Waals surface area contributed by atoms with Crippen molar-refractivity contribution in [2.75, 3.05) is 12.4 Å². The largest absolute Gasteiger partial charge is 0.465 e. The molecule has 1 aromatic heterocycles. The molecule has 0 saturated carbocycles. The van der Waals surface area contributed by atoms with E-state index in [4.69, 9.17) is 9.15 Å². The predicted octanol–water partition coefficient (Wildman–Crippen LogP) is 5.60. The summed E-state index contributed by atoms with van der Waals surface area (Å²) in [7, 11) is 0. The Hall–Kier alpha value is -2.79. The van der Waals surface area contributed by atoms with Crippen LogP contribution in [0.1, 0.15) is 5.56 Å². The van der Waals surface area contributed by atoms with Crippen molar-refractivity contribution in [3.63, 3.8) is 0 Å². The standard InChI is InChI=1S/C22H17FO3S/c23-18-7-3-4-8-20(18)27-12-11-25-21(24)13-16-14-26-19-10-9-15-5-1-2-6-17(15)22(16)19/h1-10,14H,11-13H2. The number of thioether (sulfide) groups is 1. The van der Waals surface area contributed by atoms with Gasteiger partial charge in [-0.25, -0.2) is 4.39 Å². The van der Waals surface area contributed by atoms with Crippen LogP contribution in [0.3, 0.4) is 0 Å². The van der Waals surface area contributed by atoms with Gasteiger partial charge in [-0.05, 0) is 29.0 Å². The van der Waals surface area contributed by atoms with Gasteiger partial charge in [-0.1, -0.05) is 42.5 Å². The van der Waals surface area contributed by atoms with Gasteiger partial charge in [0, 0.05) is 21.6 Å². The molecule has 0 spiro atoms. The average Bonchev–Trinajstić information content (AvgIpc) is 3.10. The van der Waals surface area contributed by atoms with Crippen molar-refractivity contribution in [1.29, 1.82) is 0 Å². The lowest BCUT2D eigenvalue weighted by Gasteiger charge is -2.06. The fourth-order valence-corrected chi connectivity index (χ4v) is 3.85. The summed E-state index contributed by atoms with van der Waals surface area (Å²) in [5.74, 6) is -0.0767. The molecule has 27 heavy (non-hydrogen) atoms. The Morgan fingerprint density at radius 2 is 1.85 bits per heavy atom. The summed E-state index contributed by atoms with van der Waals surface area (Å²) in [6.07, 6.45) is 1.76. The number of hydrogen-bond acceptors (Lipinski definition) is 4. The molecule has 0 atom stereocenters. The number of halogens is 1. The maximum absolute atomic E-state index is 13.6. The third kappa shape index (κ3) is 3.83. The highest BCUT2D eigenvalue weighted by Crippen LogP contribution is 2.30. The number of esters is 1. The molecular formula is C22H17FO3S. The van der Waals surface area contributed by atoms with Crippen LogP contribution in [0, 0.1) is 5.82 Å². The van der Waals surface area contributed by atoms with E-state index in [1.54, 1.807) is 24.5 Å². The molecule has 0 unspecified atom stereocenters. The molecular weight excluding hydrogens is 363 g/mol. The zero-order chi connectivity index (χ0) is 18.6. The van der Waals surface area contributed by atoms with E-state index in [0.717, 1.165) is 27.3 Å². The summed E-state index contributed by atoms with van der Waals surface area (Å²) < 4.78 is 24.5. The molecule has 0 amide bonds. The fraction of sp³-hybridized carbons (Fsp3) is 0.136. The number of ether oxygens (including phenoxy) is 1. The Balaban J connectivity index is 1.40. The molecule has 0 fully saturated rings. The summed E-state index contributed by atoms with van der Waals surface area (Å²) in [6, 6.07) is 18.5. The number of rotatable bonds is 6. The van der Waals surface area contributed by atoms with Gasteiger partial charge in [-0.15, -0.1) is 11.8 Å². The van der Waals surface area contributed by atoms with Crippen molar-refractivity contribution < 1.29 is 18.3 Å². The highest BCUT2D eigenvalue weighted by atomic mass is 32.2. The highest BCUT2D eigenvalue weighted by molar-refractivity contribution is 7.99. The molecule has 0 aliphatic rings. The topological polar surface area (TPSA) is 39.4 Å². The smallest absolute Gasteiger partial charge is 0.310 e. The minimum absolute atomic E-state index is 0.144. The third-order valence-electron chi connectivity index (χ3n) is 4.32. The van der Waals surface area contributed by atoms with E-state index >= 15 is 0 Å². The van der Waals surface area contributed by atoms with Crippen molar-refractivity contribution in [2.24, 2.45) is 0 Å². The van der Waals surface area contributed by atoms with Crippen LogP contribution in [0.25, 0.3) is 21.7 Å². The number of fused-ring (bicyclic) bond motifs is 3. The predicted molar refractivity (Wildman–Crippen MR) is 106 cm³/mol. The van der Waals surface area contributed by atoms with E-state index in [-0.39, 0.29) is 24.8 Å². The van der Waals surface area contributed by atoms with Gasteiger partial charge in [0.25, 0.3) is 0 Å². The van der Waals surface area contributed by atoms with Crippen LogP contribution in [-0.4, -0.2) is 18.3 Å². The Morgan fingerprint density at radius 3 is 2.74 bits per heavy atom. The Kier molecular flexibility index (Phi) is 5.12. The van der Waals surface area contributed by atoms with Crippen molar-refractivity contribution in [3.05, 3.63) is 78.3 Å². The maximum atomic E-state index is 13.6. The van der Waals surface area contributed by atoms with E-state index in [0.29, 0.717) is 10.6 Å². The SMILES string of the molecule is O=C(Cc1coc2ccc3ccccc3c12)OCCSc1ccccc1F. The second kappa shape index (κ2) is 7.84. The first-order valence-electron chi connectivity index (χ1n) is 8.63. The van der Waals surface area contributed by atoms with Gasteiger partial charge in [-0.2, -0.15) is 0 Å². The summed E-state index contributed by atoms with van der Waals surface area (Å²) in [4.78, 5) is 12.8. The van der Waals surface area contributed by atoms with Crippen molar-refractivity contribution in [1.82, 2.24) is 0 Å². The lowest BCUT2D eigenvalue weighted by atomic mass is 10.0. The fourth-order valence-electron chi connectivity index (χ4n) is 3.08. The van der Waals surface area contributed by atoms with Gasteiger partial charge in [0.15, 0.2) is 0 Å². The van der Waals surface area contributed by atoms with Gasteiger partial charge in [0.05, 0.1) is 12.7 Å². The molecule has 3 aromatic carbocycles. The van der Waals surface area contributed by atoms with Gasteiger partial charge in [0.1, 0.15) is 18.0 Å². The first kappa shape index (κ1) is 17.6. The molecule has 5 heteroatoms. The van der Waals surface area contributed by atoms with Crippen LogP contribution in [0.15, 0.2) is 76.2 Å². The number of carbonyl (C=O) groups excluding carboxylic acids is 1. The zero-order valence-electron chi connectivity index (χ0n) is 14.5. The Labute approximate surface area is 160 Å². The van der Waals surface area contributed by atoms with Crippen LogP contribution in [0.5, 0.6) is 0 Å². The molecule has 0 aliphatic heterocycles. The lowest BCUT2D eigenvalue weighted by Crippen LogP contribution is -2.10. The first-order valence-corrected chi connectivity index (χ1v) is 9.62. The van der Waals surface area contributed by atoms with Gasteiger partial charge < -0.3 is 9.15 Å². The number of hydrogen-bond donors (Lipinski definition) is 0. The summed E-state index contributed by atoms with van der Waals surface area (Å²) in [5.41, 5.74) is 1.57. The summed E-state index contributed by atoms with van der Waals surface area (Å²) >= 11 is 1.33. The molecule has 1 heterocycles. The molecule has 4 aromatic rings. The number of carbonyl (C=O) groups is 1. The van der Waals surface area contributed by atoms with Crippen molar-refractivity contribution >= 4 is 39.5 Å². The van der Waals surface area contributed by atoms with Gasteiger partial charge >= 0.3 is 5.97 Å². The Bertz CT molecular complexity index is 1100. The quantitative estimate of drug-likeness (QED) is 0.248. The molecule has 0 radical (unpaired) electrons. The normalized spacial score (nSPS) is 11.1. The summed E-state index contributed by atoms with van der Waals surface area (Å²) in [5, 5.41) is 3.11. The molecule has 0 bridgehead atoms. The minimum Gasteiger partial charge on any atom is -0.465 e. The van der Waals surface area contributed by atoms with Crippen LogP contribution >= 0.6 is 11.8 Å². The zero-order valence-corrected chi connectivity index (χ0v) is 15.3. The molecule has 0 N–H and O–H groups in total. The van der Waals surface area contributed by atoms with Crippen LogP contribution in [-0.2, 0) is 16.0 Å². The molecule has 3 nitrogen and oxygen atoms in total. The molecule has 136 valence electrons. The average molecular weight is 380 g/mol. The second-order valence-corrected chi connectivity index (χ2v) is 7.23. The first-order chi connectivity index (χ1) is 13.2. The second-order valence-electron chi connectivity index (χ2n) is 6.10. The molecule has 0 saturated heterocycles. The monoisotopic (exact) mass is 380 g/mol. The van der Waals surface area contributed by atoms with E-state index in [1.165, 1.54) is 17.8 Å². The molecule has 4 rings (SSSR count). The summed E-state index contributed by atoms with van der Waals surface area (Å²) in [6.45, 7) is 0.231. The lowest BCUT2D eigenvalue weighted by molar-refractivity contribution is -0.142. The van der Waals surface area contributed by atoms with Crippen molar-refractivity contribution in [2.45, 2.75) is 11.3 Å². The minimum atomic E-state index is -0.320. The number of furan rings is 1. The Morgan fingerprint density at radius 1 is 1.04 bits per heavy atom. The third-order valence-corrected chi connectivity index (χ3v) is 5.33. The van der Waals surface area contributed by atoms with Crippen molar-refractivity contribution in [3.8, 4) is 0 Å². The van der Waals surface area contributed by atoms with E-state index in [1.807, 2.05) is 36.4 Å². The van der Waals surface area contributed by atoms with Crippen LogP contribution < -0.4 is 0 Å². The van der Waals surface area contributed by atoms with Gasteiger partial charge in [0.2, 0.25) is 0 Å². The molecule has 0 aliphatic carbocycles. The van der Waals surface area contributed by atoms with E-state index in [9.17, 15) is 9.18 Å². The highest BCUT2D eigenvalue weighted by Gasteiger charge is 2.14. The van der Waals surface area contributed by atoms with E-state index < -0.39 is 0 Å².